The summed E-state index contributed by atoms with van der Waals surface area (Å²) < 4.78 is 4.97. The lowest BCUT2D eigenvalue weighted by atomic mass is 10.0. The molecule has 3 amide bonds. The number of benzene rings is 1. The molecule has 3 rings (SSSR count). The largest absolute Gasteiger partial charge is 0.384 e. The number of carbonyl (C=O) groups excluding carboxylic acids is 3. The van der Waals surface area contributed by atoms with E-state index in [4.69, 9.17) is 4.74 Å². The molecule has 1 unspecified atom stereocenters. The zero-order chi connectivity index (χ0) is 19.9. The minimum absolute atomic E-state index is 0.0222. The fourth-order valence-electron chi connectivity index (χ4n) is 4.06. The third-order valence-corrected chi connectivity index (χ3v) is 5.60. The highest BCUT2D eigenvalue weighted by Crippen LogP contribution is 2.27. The summed E-state index contributed by atoms with van der Waals surface area (Å²) in [7, 11) is 1.58. The summed E-state index contributed by atoms with van der Waals surface area (Å²) in [5, 5.41) is 2.97. The fourth-order valence-corrected chi connectivity index (χ4v) is 4.06. The second-order valence-corrected chi connectivity index (χ2v) is 7.41. The van der Waals surface area contributed by atoms with Crippen LogP contribution in [0.1, 0.15) is 37.7 Å². The van der Waals surface area contributed by atoms with Crippen molar-refractivity contribution in [3.8, 4) is 0 Å². The van der Waals surface area contributed by atoms with Crippen molar-refractivity contribution in [2.24, 2.45) is 0 Å². The summed E-state index contributed by atoms with van der Waals surface area (Å²) in [6, 6.07) is 9.37. The highest BCUT2D eigenvalue weighted by Gasteiger charge is 2.41. The Labute approximate surface area is 166 Å². The number of amides is 3. The molecule has 0 radical (unpaired) electrons. The van der Waals surface area contributed by atoms with E-state index in [1.54, 1.807) is 12.0 Å². The van der Waals surface area contributed by atoms with Crippen molar-refractivity contribution in [2.75, 3.05) is 26.8 Å². The van der Waals surface area contributed by atoms with Gasteiger partial charge in [0.25, 0.3) is 0 Å². The van der Waals surface area contributed by atoms with Gasteiger partial charge >= 0.3 is 0 Å². The maximum absolute atomic E-state index is 12.7. The van der Waals surface area contributed by atoms with Crippen LogP contribution in [0.15, 0.2) is 30.3 Å². The number of carbonyl (C=O) groups is 3. The molecule has 1 aromatic rings. The number of hydrogen-bond donors (Lipinski definition) is 1. The molecule has 7 heteroatoms. The predicted octanol–water partition coefficient (Wildman–Crippen LogP) is 1.32. The predicted molar refractivity (Wildman–Crippen MR) is 104 cm³/mol. The van der Waals surface area contributed by atoms with E-state index in [2.05, 4.69) is 5.32 Å². The molecular weight excluding hydrogens is 358 g/mol. The summed E-state index contributed by atoms with van der Waals surface area (Å²) in [6.07, 6.45) is 2.79. The minimum Gasteiger partial charge on any atom is -0.384 e. The molecule has 0 aromatic heterocycles. The zero-order valence-electron chi connectivity index (χ0n) is 16.4. The van der Waals surface area contributed by atoms with E-state index in [0.717, 1.165) is 5.56 Å². The van der Waals surface area contributed by atoms with Crippen LogP contribution in [0.3, 0.4) is 0 Å². The normalized spacial score (nSPS) is 20.5. The molecule has 2 aliphatic rings. The Morgan fingerprint density at radius 1 is 1.14 bits per heavy atom. The third-order valence-electron chi connectivity index (χ3n) is 5.60. The first-order chi connectivity index (χ1) is 13.6. The van der Waals surface area contributed by atoms with Crippen LogP contribution < -0.4 is 5.32 Å². The summed E-state index contributed by atoms with van der Waals surface area (Å²) in [6.45, 7) is 2.13. The van der Waals surface area contributed by atoms with Crippen LogP contribution in [0.5, 0.6) is 0 Å². The maximum atomic E-state index is 12.7. The van der Waals surface area contributed by atoms with Crippen molar-refractivity contribution in [2.45, 2.75) is 50.7 Å². The van der Waals surface area contributed by atoms with E-state index in [1.807, 2.05) is 35.2 Å². The van der Waals surface area contributed by atoms with Gasteiger partial charge in [-0.2, -0.15) is 0 Å². The van der Waals surface area contributed by atoms with Crippen LogP contribution in [0.2, 0.25) is 0 Å². The first kappa shape index (κ1) is 20.3. The number of ether oxygens (including phenoxy) is 1. The summed E-state index contributed by atoms with van der Waals surface area (Å²) >= 11 is 0. The smallest absolute Gasteiger partial charge is 0.243 e. The van der Waals surface area contributed by atoms with Gasteiger partial charge in [-0.25, -0.2) is 0 Å². The van der Waals surface area contributed by atoms with Crippen molar-refractivity contribution >= 4 is 17.7 Å². The number of piperidine rings is 1. The first-order valence-electron chi connectivity index (χ1n) is 9.99. The zero-order valence-corrected chi connectivity index (χ0v) is 16.4. The van der Waals surface area contributed by atoms with Crippen molar-refractivity contribution in [3.05, 3.63) is 35.9 Å². The van der Waals surface area contributed by atoms with Gasteiger partial charge in [0.2, 0.25) is 17.7 Å². The SMILES string of the molecule is COCCC(=O)N1CCC(N2C(=O)CCC2C(=O)NCc2ccccc2)CC1. The van der Waals surface area contributed by atoms with Crippen molar-refractivity contribution in [1.29, 1.82) is 0 Å². The summed E-state index contributed by atoms with van der Waals surface area (Å²) in [5.74, 6) is 0.0440. The second-order valence-electron chi connectivity index (χ2n) is 7.41. The Kier molecular flexibility index (Phi) is 7.03. The lowest BCUT2D eigenvalue weighted by molar-refractivity contribution is -0.140. The molecular formula is C21H29N3O4. The molecule has 2 aliphatic heterocycles. The number of likely N-dealkylation sites (tertiary alicyclic amines) is 2. The van der Waals surface area contributed by atoms with Gasteiger partial charge < -0.3 is 19.9 Å². The highest BCUT2D eigenvalue weighted by molar-refractivity contribution is 5.91. The molecule has 1 aromatic carbocycles. The van der Waals surface area contributed by atoms with Crippen LogP contribution in [0.4, 0.5) is 0 Å². The van der Waals surface area contributed by atoms with E-state index >= 15 is 0 Å². The lowest BCUT2D eigenvalue weighted by Crippen LogP contribution is -2.53. The van der Waals surface area contributed by atoms with Gasteiger partial charge in [0.1, 0.15) is 6.04 Å². The monoisotopic (exact) mass is 387 g/mol. The second kappa shape index (κ2) is 9.68. The van der Waals surface area contributed by atoms with E-state index in [9.17, 15) is 14.4 Å². The van der Waals surface area contributed by atoms with Crippen molar-refractivity contribution < 1.29 is 19.1 Å². The minimum atomic E-state index is -0.406. The van der Waals surface area contributed by atoms with E-state index in [1.165, 1.54) is 0 Å². The topological polar surface area (TPSA) is 79.0 Å². The van der Waals surface area contributed by atoms with E-state index in [-0.39, 0.29) is 23.8 Å². The van der Waals surface area contributed by atoms with Gasteiger partial charge in [-0.3, -0.25) is 14.4 Å². The molecule has 152 valence electrons. The van der Waals surface area contributed by atoms with Crippen LogP contribution in [0, 0.1) is 0 Å². The average Bonchev–Trinajstić information content (AvgIpc) is 3.12. The number of methoxy groups -OCH3 is 1. The van der Waals surface area contributed by atoms with Crippen LogP contribution in [-0.2, 0) is 25.7 Å². The van der Waals surface area contributed by atoms with Gasteiger partial charge in [-0.15, -0.1) is 0 Å². The number of nitrogens with zero attached hydrogens (tertiary/aromatic N) is 2. The quantitative estimate of drug-likeness (QED) is 0.765. The Morgan fingerprint density at radius 2 is 1.86 bits per heavy atom. The highest BCUT2D eigenvalue weighted by atomic mass is 16.5. The Morgan fingerprint density at radius 3 is 2.54 bits per heavy atom. The molecule has 1 atom stereocenters. The van der Waals surface area contributed by atoms with Gasteiger partial charge in [0, 0.05) is 39.2 Å². The Balaban J connectivity index is 1.54. The Hall–Kier alpha value is -2.41. The molecule has 2 fully saturated rings. The number of hydrogen-bond acceptors (Lipinski definition) is 4. The van der Waals surface area contributed by atoms with Crippen LogP contribution in [0.25, 0.3) is 0 Å². The molecule has 28 heavy (non-hydrogen) atoms. The van der Waals surface area contributed by atoms with Crippen LogP contribution in [-0.4, -0.2) is 66.4 Å². The first-order valence-corrected chi connectivity index (χ1v) is 9.99. The summed E-state index contributed by atoms with van der Waals surface area (Å²) in [5.41, 5.74) is 1.04. The summed E-state index contributed by atoms with van der Waals surface area (Å²) in [4.78, 5) is 40.9. The molecule has 0 bridgehead atoms. The van der Waals surface area contributed by atoms with Crippen molar-refractivity contribution in [1.82, 2.24) is 15.1 Å². The molecule has 7 nitrogen and oxygen atoms in total. The van der Waals surface area contributed by atoms with Gasteiger partial charge in [-0.1, -0.05) is 30.3 Å². The standard InChI is InChI=1S/C21H29N3O4/c1-28-14-11-19(25)23-12-9-17(10-13-23)24-18(7-8-20(24)26)21(27)22-15-16-5-3-2-4-6-16/h2-6,17-18H,7-15H2,1H3,(H,22,27). The number of rotatable bonds is 7. The van der Waals surface area contributed by atoms with Gasteiger partial charge in [-0.05, 0) is 24.8 Å². The van der Waals surface area contributed by atoms with E-state index < -0.39 is 6.04 Å². The average molecular weight is 387 g/mol. The molecule has 2 heterocycles. The van der Waals surface area contributed by atoms with E-state index in [0.29, 0.717) is 58.3 Å². The molecule has 0 saturated carbocycles. The lowest BCUT2D eigenvalue weighted by Gasteiger charge is -2.39. The third kappa shape index (κ3) is 4.90. The molecule has 0 aliphatic carbocycles. The van der Waals surface area contributed by atoms with Gasteiger partial charge in [0.15, 0.2) is 0 Å². The molecule has 2 saturated heterocycles. The van der Waals surface area contributed by atoms with Crippen molar-refractivity contribution in [3.63, 3.8) is 0 Å². The van der Waals surface area contributed by atoms with Gasteiger partial charge in [0.05, 0.1) is 13.0 Å². The Bertz CT molecular complexity index is 686. The maximum Gasteiger partial charge on any atom is 0.243 e. The molecule has 1 N–H and O–H groups in total. The molecule has 0 spiro atoms. The van der Waals surface area contributed by atoms with Crippen LogP contribution >= 0.6 is 0 Å². The fraction of sp³-hybridized carbons (Fsp3) is 0.571. The number of nitrogens with one attached hydrogen (secondary N) is 1.